The zero-order valence-corrected chi connectivity index (χ0v) is 11.8. The summed E-state index contributed by atoms with van der Waals surface area (Å²) in [5.74, 6) is 1.91. The number of aryl methyl sites for hydroxylation is 1. The molecule has 4 heteroatoms. The molecule has 0 bridgehead atoms. The van der Waals surface area contributed by atoms with Crippen molar-refractivity contribution in [3.8, 4) is 0 Å². The summed E-state index contributed by atoms with van der Waals surface area (Å²) in [5.41, 5.74) is 8.36. The van der Waals surface area contributed by atoms with E-state index in [2.05, 4.69) is 40.4 Å². The molecule has 0 aliphatic carbocycles. The van der Waals surface area contributed by atoms with Crippen molar-refractivity contribution in [2.24, 2.45) is 11.7 Å². The molecule has 1 aromatic carbocycles. The van der Waals surface area contributed by atoms with E-state index in [0.29, 0.717) is 11.8 Å². The standard InChI is InChI=1S/C16H21N3O/c1-12-7-15(18-20-12)10-19-9-14(8-17)16(11-19)13-5-3-2-4-6-13/h2-7,14,16H,8-11,17H2,1H3/t14-,16+/m1/s1. The van der Waals surface area contributed by atoms with Gasteiger partial charge in [-0.1, -0.05) is 35.5 Å². The highest BCUT2D eigenvalue weighted by atomic mass is 16.5. The summed E-state index contributed by atoms with van der Waals surface area (Å²) >= 11 is 0. The molecule has 2 aromatic rings. The average Bonchev–Trinajstić information content (AvgIpc) is 3.06. The lowest BCUT2D eigenvalue weighted by atomic mass is 9.89. The predicted molar refractivity (Wildman–Crippen MR) is 78.2 cm³/mol. The molecule has 3 rings (SSSR count). The van der Waals surface area contributed by atoms with Crippen molar-refractivity contribution < 1.29 is 4.52 Å². The van der Waals surface area contributed by atoms with Crippen LogP contribution in [0.15, 0.2) is 40.9 Å². The Bertz CT molecular complexity index is 552. The highest BCUT2D eigenvalue weighted by Gasteiger charge is 2.32. The first kappa shape index (κ1) is 13.3. The molecule has 0 radical (unpaired) electrons. The molecule has 1 fully saturated rings. The summed E-state index contributed by atoms with van der Waals surface area (Å²) < 4.78 is 5.14. The van der Waals surface area contributed by atoms with Crippen LogP contribution >= 0.6 is 0 Å². The number of benzene rings is 1. The number of nitrogens with two attached hydrogens (primary N) is 1. The van der Waals surface area contributed by atoms with Gasteiger partial charge in [0.25, 0.3) is 0 Å². The summed E-state index contributed by atoms with van der Waals surface area (Å²) in [6.45, 7) is 5.57. The number of rotatable bonds is 4. The second kappa shape index (κ2) is 5.77. The van der Waals surface area contributed by atoms with E-state index >= 15 is 0 Å². The molecule has 2 atom stereocenters. The van der Waals surface area contributed by atoms with Gasteiger partial charge < -0.3 is 10.3 Å². The third-order valence-corrected chi connectivity index (χ3v) is 4.11. The Kier molecular flexibility index (Phi) is 3.85. The Labute approximate surface area is 119 Å². The maximum absolute atomic E-state index is 5.96. The molecule has 1 aromatic heterocycles. The van der Waals surface area contributed by atoms with Crippen LogP contribution < -0.4 is 5.73 Å². The van der Waals surface area contributed by atoms with Crippen molar-refractivity contribution >= 4 is 0 Å². The topological polar surface area (TPSA) is 55.3 Å². The second-order valence-corrected chi connectivity index (χ2v) is 5.64. The van der Waals surface area contributed by atoms with Crippen molar-refractivity contribution in [1.29, 1.82) is 0 Å². The molecule has 0 saturated carbocycles. The van der Waals surface area contributed by atoms with Crippen molar-refractivity contribution in [3.05, 3.63) is 53.4 Å². The Morgan fingerprint density at radius 3 is 2.75 bits per heavy atom. The predicted octanol–water partition coefficient (Wildman–Crippen LogP) is 2.16. The molecule has 2 heterocycles. The van der Waals surface area contributed by atoms with E-state index in [1.54, 1.807) is 0 Å². The molecule has 1 saturated heterocycles. The summed E-state index contributed by atoms with van der Waals surface area (Å²) in [6, 6.07) is 12.7. The summed E-state index contributed by atoms with van der Waals surface area (Å²) in [4.78, 5) is 2.42. The van der Waals surface area contributed by atoms with Gasteiger partial charge in [-0.05, 0) is 24.9 Å². The van der Waals surface area contributed by atoms with Crippen LogP contribution in [0.1, 0.15) is 22.9 Å². The molecule has 1 aliphatic heterocycles. The van der Waals surface area contributed by atoms with Crippen LogP contribution in [0.25, 0.3) is 0 Å². The minimum Gasteiger partial charge on any atom is -0.361 e. The van der Waals surface area contributed by atoms with Crippen molar-refractivity contribution in [1.82, 2.24) is 10.1 Å². The minimum atomic E-state index is 0.519. The molecule has 0 amide bonds. The largest absolute Gasteiger partial charge is 0.361 e. The quantitative estimate of drug-likeness (QED) is 0.926. The normalized spacial score (nSPS) is 23.3. The Balaban J connectivity index is 1.71. The van der Waals surface area contributed by atoms with Gasteiger partial charge in [-0.15, -0.1) is 0 Å². The zero-order valence-electron chi connectivity index (χ0n) is 11.8. The van der Waals surface area contributed by atoms with Crippen LogP contribution in [-0.4, -0.2) is 29.7 Å². The van der Waals surface area contributed by atoms with Gasteiger partial charge in [-0.25, -0.2) is 0 Å². The molecule has 1 aliphatic rings. The molecule has 0 unspecified atom stereocenters. The number of likely N-dealkylation sites (tertiary alicyclic amines) is 1. The van der Waals surface area contributed by atoms with E-state index in [9.17, 15) is 0 Å². The Hall–Kier alpha value is -1.65. The van der Waals surface area contributed by atoms with Gasteiger partial charge in [-0.3, -0.25) is 4.90 Å². The fourth-order valence-electron chi connectivity index (χ4n) is 3.13. The molecule has 4 nitrogen and oxygen atoms in total. The average molecular weight is 271 g/mol. The van der Waals surface area contributed by atoms with E-state index in [1.165, 1.54) is 5.56 Å². The highest BCUT2D eigenvalue weighted by Crippen LogP contribution is 2.32. The maximum atomic E-state index is 5.96. The van der Waals surface area contributed by atoms with E-state index in [-0.39, 0.29) is 0 Å². The van der Waals surface area contributed by atoms with Crippen molar-refractivity contribution in [2.45, 2.75) is 19.4 Å². The van der Waals surface area contributed by atoms with Gasteiger partial charge in [0.1, 0.15) is 5.76 Å². The van der Waals surface area contributed by atoms with Gasteiger partial charge in [-0.2, -0.15) is 0 Å². The van der Waals surface area contributed by atoms with Crippen LogP contribution in [0, 0.1) is 12.8 Å². The SMILES string of the molecule is Cc1cc(CN2C[C@@H](CN)[C@H](c3ccccc3)C2)no1. The second-order valence-electron chi connectivity index (χ2n) is 5.64. The molecular formula is C16H21N3O. The van der Waals surface area contributed by atoms with Crippen LogP contribution in [0.2, 0.25) is 0 Å². The zero-order chi connectivity index (χ0) is 13.9. The Morgan fingerprint density at radius 1 is 1.30 bits per heavy atom. The van der Waals surface area contributed by atoms with Crippen molar-refractivity contribution in [3.63, 3.8) is 0 Å². The van der Waals surface area contributed by atoms with Gasteiger partial charge in [0, 0.05) is 31.6 Å². The van der Waals surface area contributed by atoms with Crippen LogP contribution in [0.4, 0.5) is 0 Å². The lowest BCUT2D eigenvalue weighted by Crippen LogP contribution is -2.23. The number of hydrogen-bond acceptors (Lipinski definition) is 4. The summed E-state index contributed by atoms with van der Waals surface area (Å²) in [5, 5.41) is 4.08. The molecule has 106 valence electrons. The van der Waals surface area contributed by atoms with Gasteiger partial charge in [0.2, 0.25) is 0 Å². The monoisotopic (exact) mass is 271 g/mol. The first-order valence-electron chi connectivity index (χ1n) is 7.16. The Morgan fingerprint density at radius 2 is 2.10 bits per heavy atom. The first-order chi connectivity index (χ1) is 9.76. The number of nitrogens with zero attached hydrogens (tertiary/aromatic N) is 2. The third kappa shape index (κ3) is 2.76. The number of hydrogen-bond donors (Lipinski definition) is 1. The van der Waals surface area contributed by atoms with Crippen LogP contribution in [0.5, 0.6) is 0 Å². The molecule has 0 spiro atoms. The third-order valence-electron chi connectivity index (χ3n) is 4.11. The van der Waals surface area contributed by atoms with E-state index in [4.69, 9.17) is 10.3 Å². The van der Waals surface area contributed by atoms with Gasteiger partial charge in [0.15, 0.2) is 0 Å². The summed E-state index contributed by atoms with van der Waals surface area (Å²) in [6.07, 6.45) is 0. The number of aromatic nitrogens is 1. The van der Waals surface area contributed by atoms with Gasteiger partial charge in [0.05, 0.1) is 5.69 Å². The smallest absolute Gasteiger partial charge is 0.133 e. The van der Waals surface area contributed by atoms with Crippen LogP contribution in [0.3, 0.4) is 0 Å². The highest BCUT2D eigenvalue weighted by molar-refractivity contribution is 5.22. The fourth-order valence-corrected chi connectivity index (χ4v) is 3.13. The van der Waals surface area contributed by atoms with E-state index in [1.807, 2.05) is 13.0 Å². The molecule has 2 N–H and O–H groups in total. The minimum absolute atomic E-state index is 0.519. The first-order valence-corrected chi connectivity index (χ1v) is 7.16. The lowest BCUT2D eigenvalue weighted by molar-refractivity contribution is 0.300. The lowest BCUT2D eigenvalue weighted by Gasteiger charge is -2.16. The summed E-state index contributed by atoms with van der Waals surface area (Å²) in [7, 11) is 0. The van der Waals surface area contributed by atoms with E-state index < -0.39 is 0 Å². The van der Waals surface area contributed by atoms with E-state index in [0.717, 1.165) is 37.6 Å². The van der Waals surface area contributed by atoms with Crippen molar-refractivity contribution in [2.75, 3.05) is 19.6 Å². The van der Waals surface area contributed by atoms with Crippen LogP contribution in [-0.2, 0) is 6.54 Å². The fraction of sp³-hybridized carbons (Fsp3) is 0.438. The molecule has 20 heavy (non-hydrogen) atoms. The molecular weight excluding hydrogens is 250 g/mol. The maximum Gasteiger partial charge on any atom is 0.133 e. The van der Waals surface area contributed by atoms with Gasteiger partial charge >= 0.3 is 0 Å².